The minimum absolute atomic E-state index is 0.353. The number of nitrogens with zero attached hydrogens (tertiary/aromatic N) is 2. The van der Waals surface area contributed by atoms with Crippen molar-refractivity contribution in [1.29, 1.82) is 0 Å². The van der Waals surface area contributed by atoms with Crippen LogP contribution in [-0.4, -0.2) is 55.6 Å². The predicted octanol–water partition coefficient (Wildman–Crippen LogP) is 1.53. The molecule has 17 heavy (non-hydrogen) atoms. The Morgan fingerprint density at radius 1 is 1.35 bits per heavy atom. The number of likely N-dealkylation sites (tertiary alicyclic amines) is 1. The van der Waals surface area contributed by atoms with Crippen molar-refractivity contribution >= 4 is 0 Å². The van der Waals surface area contributed by atoms with Gasteiger partial charge in [0, 0.05) is 25.2 Å². The van der Waals surface area contributed by atoms with E-state index in [0.29, 0.717) is 11.5 Å². The largest absolute Gasteiger partial charge is 0.327 e. The number of hydrogen-bond acceptors (Lipinski definition) is 3. The average molecular weight is 239 g/mol. The summed E-state index contributed by atoms with van der Waals surface area (Å²) >= 11 is 0. The van der Waals surface area contributed by atoms with Crippen LogP contribution >= 0.6 is 0 Å². The highest BCUT2D eigenvalue weighted by Crippen LogP contribution is 2.37. The first-order valence-electron chi connectivity index (χ1n) is 7.16. The zero-order valence-electron chi connectivity index (χ0n) is 11.8. The molecule has 2 aliphatic rings. The number of nitrogens with two attached hydrogens (primary N) is 1. The molecule has 3 nitrogen and oxygen atoms in total. The van der Waals surface area contributed by atoms with E-state index in [2.05, 4.69) is 30.8 Å². The van der Waals surface area contributed by atoms with Crippen LogP contribution in [0, 0.1) is 5.41 Å². The molecule has 0 radical (unpaired) electrons. The van der Waals surface area contributed by atoms with Crippen molar-refractivity contribution in [2.75, 3.05) is 33.7 Å². The molecule has 1 saturated carbocycles. The van der Waals surface area contributed by atoms with Gasteiger partial charge in [-0.25, -0.2) is 0 Å². The SMILES string of the molecule is CN(CC1CCCN1C)CC1(C)CCCC1N. The fraction of sp³-hybridized carbons (Fsp3) is 1.00. The highest BCUT2D eigenvalue weighted by Gasteiger charge is 2.37. The van der Waals surface area contributed by atoms with Crippen LogP contribution in [0.15, 0.2) is 0 Å². The number of likely N-dealkylation sites (N-methyl/N-ethyl adjacent to an activating group) is 2. The first kappa shape index (κ1) is 13.3. The van der Waals surface area contributed by atoms with Gasteiger partial charge in [-0.1, -0.05) is 13.3 Å². The van der Waals surface area contributed by atoms with E-state index in [1.54, 1.807) is 0 Å². The van der Waals surface area contributed by atoms with Crippen molar-refractivity contribution in [3.05, 3.63) is 0 Å². The summed E-state index contributed by atoms with van der Waals surface area (Å²) in [5.74, 6) is 0. The van der Waals surface area contributed by atoms with Crippen LogP contribution in [0.4, 0.5) is 0 Å². The molecule has 1 saturated heterocycles. The fourth-order valence-electron chi connectivity index (χ4n) is 3.71. The maximum absolute atomic E-state index is 6.26. The van der Waals surface area contributed by atoms with E-state index in [4.69, 9.17) is 5.73 Å². The Balaban J connectivity index is 1.82. The van der Waals surface area contributed by atoms with E-state index in [0.717, 1.165) is 6.04 Å². The van der Waals surface area contributed by atoms with Gasteiger partial charge < -0.3 is 15.5 Å². The summed E-state index contributed by atoms with van der Waals surface area (Å²) < 4.78 is 0. The van der Waals surface area contributed by atoms with E-state index in [1.165, 1.54) is 51.7 Å². The lowest BCUT2D eigenvalue weighted by atomic mass is 9.84. The second-order valence-corrected chi connectivity index (χ2v) is 6.63. The van der Waals surface area contributed by atoms with Crippen molar-refractivity contribution in [3.63, 3.8) is 0 Å². The minimum Gasteiger partial charge on any atom is -0.327 e. The third kappa shape index (κ3) is 3.01. The molecule has 100 valence electrons. The Labute approximate surface area is 106 Å². The van der Waals surface area contributed by atoms with Gasteiger partial charge in [0.15, 0.2) is 0 Å². The fourth-order valence-corrected chi connectivity index (χ4v) is 3.71. The number of rotatable bonds is 4. The van der Waals surface area contributed by atoms with Gasteiger partial charge >= 0.3 is 0 Å². The number of hydrogen-bond donors (Lipinski definition) is 1. The molecule has 1 heterocycles. The highest BCUT2D eigenvalue weighted by atomic mass is 15.2. The molecule has 1 aliphatic heterocycles. The van der Waals surface area contributed by atoms with Crippen LogP contribution in [0.25, 0.3) is 0 Å². The molecule has 2 fully saturated rings. The second kappa shape index (κ2) is 5.25. The topological polar surface area (TPSA) is 32.5 Å². The molecule has 3 atom stereocenters. The van der Waals surface area contributed by atoms with Gasteiger partial charge in [0.1, 0.15) is 0 Å². The second-order valence-electron chi connectivity index (χ2n) is 6.63. The Morgan fingerprint density at radius 3 is 2.65 bits per heavy atom. The van der Waals surface area contributed by atoms with Crippen LogP contribution in [0.2, 0.25) is 0 Å². The molecule has 0 aromatic carbocycles. The van der Waals surface area contributed by atoms with Gasteiger partial charge in [0.05, 0.1) is 0 Å². The van der Waals surface area contributed by atoms with Crippen LogP contribution in [0.3, 0.4) is 0 Å². The van der Waals surface area contributed by atoms with Crippen molar-refractivity contribution in [3.8, 4) is 0 Å². The molecule has 0 aromatic rings. The quantitative estimate of drug-likeness (QED) is 0.807. The van der Waals surface area contributed by atoms with Crippen molar-refractivity contribution in [2.24, 2.45) is 11.1 Å². The normalized spacial score (nSPS) is 39.4. The van der Waals surface area contributed by atoms with E-state index < -0.39 is 0 Å². The summed E-state index contributed by atoms with van der Waals surface area (Å²) in [5, 5.41) is 0. The van der Waals surface area contributed by atoms with Crippen molar-refractivity contribution in [2.45, 2.75) is 51.1 Å². The summed E-state index contributed by atoms with van der Waals surface area (Å²) in [5.41, 5.74) is 6.61. The molecule has 3 heteroatoms. The molecule has 0 amide bonds. The molecule has 0 bridgehead atoms. The van der Waals surface area contributed by atoms with Gasteiger partial charge in [0.25, 0.3) is 0 Å². The van der Waals surface area contributed by atoms with E-state index in [9.17, 15) is 0 Å². The first-order valence-corrected chi connectivity index (χ1v) is 7.16. The lowest BCUT2D eigenvalue weighted by molar-refractivity contribution is 0.147. The smallest absolute Gasteiger partial charge is 0.0220 e. The van der Waals surface area contributed by atoms with Gasteiger partial charge in [-0.3, -0.25) is 0 Å². The molecule has 0 spiro atoms. The van der Waals surface area contributed by atoms with Crippen LogP contribution in [0.5, 0.6) is 0 Å². The zero-order valence-corrected chi connectivity index (χ0v) is 11.8. The summed E-state index contributed by atoms with van der Waals surface area (Å²) in [7, 11) is 4.52. The standard InChI is InChI=1S/C14H29N3/c1-14(8-4-7-13(14)15)11-16(2)10-12-6-5-9-17(12)3/h12-13H,4-11,15H2,1-3H3. The minimum atomic E-state index is 0.353. The van der Waals surface area contributed by atoms with Crippen LogP contribution < -0.4 is 5.73 Å². The van der Waals surface area contributed by atoms with Crippen LogP contribution in [-0.2, 0) is 0 Å². The van der Waals surface area contributed by atoms with Gasteiger partial charge in [-0.2, -0.15) is 0 Å². The Morgan fingerprint density at radius 2 is 2.12 bits per heavy atom. The third-order valence-corrected chi connectivity index (χ3v) is 4.98. The van der Waals surface area contributed by atoms with Gasteiger partial charge in [-0.05, 0) is 51.7 Å². The summed E-state index contributed by atoms with van der Waals surface area (Å²) in [4.78, 5) is 5.02. The maximum Gasteiger partial charge on any atom is 0.0220 e. The average Bonchev–Trinajstić information content (AvgIpc) is 2.76. The predicted molar refractivity (Wildman–Crippen MR) is 73.1 cm³/mol. The summed E-state index contributed by atoms with van der Waals surface area (Å²) in [6.45, 7) is 6.02. The first-order chi connectivity index (χ1) is 8.01. The van der Waals surface area contributed by atoms with Crippen molar-refractivity contribution < 1.29 is 0 Å². The van der Waals surface area contributed by atoms with Crippen molar-refractivity contribution in [1.82, 2.24) is 9.80 Å². The Hall–Kier alpha value is -0.120. The molecule has 2 rings (SSSR count). The Bertz CT molecular complexity index is 256. The zero-order chi connectivity index (χ0) is 12.5. The molecular weight excluding hydrogens is 210 g/mol. The van der Waals surface area contributed by atoms with E-state index in [1.807, 2.05) is 0 Å². The molecular formula is C14H29N3. The summed E-state index contributed by atoms with van der Waals surface area (Å²) in [6.07, 6.45) is 6.57. The molecule has 2 N–H and O–H groups in total. The third-order valence-electron chi connectivity index (χ3n) is 4.98. The highest BCUT2D eigenvalue weighted by molar-refractivity contribution is 4.93. The van der Waals surface area contributed by atoms with Gasteiger partial charge in [-0.15, -0.1) is 0 Å². The molecule has 3 unspecified atom stereocenters. The summed E-state index contributed by atoms with van der Waals surface area (Å²) in [6, 6.07) is 1.17. The van der Waals surface area contributed by atoms with E-state index in [-0.39, 0.29) is 0 Å². The van der Waals surface area contributed by atoms with Gasteiger partial charge in [0.2, 0.25) is 0 Å². The molecule has 1 aliphatic carbocycles. The Kier molecular flexibility index (Phi) is 4.11. The van der Waals surface area contributed by atoms with E-state index >= 15 is 0 Å². The lowest BCUT2D eigenvalue weighted by Crippen LogP contribution is -2.46. The van der Waals surface area contributed by atoms with Crippen LogP contribution in [0.1, 0.15) is 39.0 Å². The maximum atomic E-state index is 6.26. The lowest BCUT2D eigenvalue weighted by Gasteiger charge is -2.35. The monoisotopic (exact) mass is 239 g/mol. The molecule has 0 aromatic heterocycles.